The van der Waals surface area contributed by atoms with E-state index < -0.39 is 0 Å². The molecule has 4 heteroatoms. The zero-order valence-corrected chi connectivity index (χ0v) is 12.1. The summed E-state index contributed by atoms with van der Waals surface area (Å²) in [5.74, 6) is 0.478. The van der Waals surface area contributed by atoms with Crippen molar-refractivity contribution in [1.29, 1.82) is 0 Å². The molecule has 102 valence electrons. The molecule has 1 aromatic rings. The van der Waals surface area contributed by atoms with Crippen molar-refractivity contribution < 1.29 is 4.79 Å². The summed E-state index contributed by atoms with van der Waals surface area (Å²) in [5, 5.41) is 4.02. The van der Waals surface area contributed by atoms with E-state index in [0.29, 0.717) is 10.9 Å². The van der Waals surface area contributed by atoms with Crippen LogP contribution in [0.1, 0.15) is 41.3 Å². The van der Waals surface area contributed by atoms with Gasteiger partial charge in [0.2, 0.25) is 0 Å². The summed E-state index contributed by atoms with van der Waals surface area (Å²) in [4.78, 5) is 14.6. The van der Waals surface area contributed by atoms with Gasteiger partial charge in [0.25, 0.3) is 5.91 Å². The van der Waals surface area contributed by atoms with Crippen molar-refractivity contribution in [2.24, 2.45) is 0 Å². The number of fused-ring (bicyclic) bond motifs is 3. The second-order valence-corrected chi connectivity index (χ2v) is 5.73. The summed E-state index contributed by atoms with van der Waals surface area (Å²) in [7, 11) is 0. The zero-order chi connectivity index (χ0) is 13.6. The highest BCUT2D eigenvalue weighted by Crippen LogP contribution is 2.39. The van der Waals surface area contributed by atoms with E-state index in [4.69, 9.17) is 11.6 Å². The van der Waals surface area contributed by atoms with Crippen LogP contribution in [-0.2, 0) is 6.42 Å². The first-order valence-corrected chi connectivity index (χ1v) is 7.39. The van der Waals surface area contributed by atoms with Crippen LogP contribution in [0.2, 0.25) is 5.02 Å². The predicted octanol–water partition coefficient (Wildman–Crippen LogP) is 2.43. The van der Waals surface area contributed by atoms with Gasteiger partial charge < -0.3 is 10.2 Å². The van der Waals surface area contributed by atoms with E-state index in [9.17, 15) is 4.79 Å². The van der Waals surface area contributed by atoms with Gasteiger partial charge in [-0.3, -0.25) is 4.79 Å². The van der Waals surface area contributed by atoms with Crippen LogP contribution in [0.4, 0.5) is 0 Å². The molecule has 0 aliphatic carbocycles. The van der Waals surface area contributed by atoms with Crippen molar-refractivity contribution in [3.63, 3.8) is 0 Å². The summed E-state index contributed by atoms with van der Waals surface area (Å²) in [6, 6.07) is 4.40. The second-order valence-electron chi connectivity index (χ2n) is 5.32. The minimum Gasteiger partial charge on any atom is -0.334 e. The third-order valence-corrected chi connectivity index (χ3v) is 4.68. The van der Waals surface area contributed by atoms with E-state index in [0.717, 1.165) is 37.2 Å². The van der Waals surface area contributed by atoms with Crippen LogP contribution in [0, 0.1) is 0 Å². The first kappa shape index (κ1) is 12.9. The minimum absolute atomic E-state index is 0.0927. The lowest BCUT2D eigenvalue weighted by Gasteiger charge is -2.38. The van der Waals surface area contributed by atoms with Gasteiger partial charge in [-0.15, -0.1) is 0 Å². The van der Waals surface area contributed by atoms with Crippen molar-refractivity contribution in [2.75, 3.05) is 19.6 Å². The Morgan fingerprint density at radius 2 is 2.16 bits per heavy atom. The summed E-state index contributed by atoms with van der Waals surface area (Å²) in [5.41, 5.74) is 3.09. The first-order chi connectivity index (χ1) is 9.17. The maximum absolute atomic E-state index is 12.6. The molecule has 0 bridgehead atoms. The number of carbonyl (C=O) groups excluding carboxylic acids is 1. The Bertz CT molecular complexity index is 529. The molecule has 2 aliphatic heterocycles. The molecule has 0 saturated carbocycles. The Labute approximate surface area is 118 Å². The second kappa shape index (κ2) is 4.80. The van der Waals surface area contributed by atoms with Crippen molar-refractivity contribution in [1.82, 2.24) is 10.2 Å². The fraction of sp³-hybridized carbons (Fsp3) is 0.533. The number of rotatable bonds is 2. The number of halogens is 1. The molecule has 1 aromatic carbocycles. The fourth-order valence-corrected chi connectivity index (χ4v) is 3.72. The largest absolute Gasteiger partial charge is 0.334 e. The van der Waals surface area contributed by atoms with Gasteiger partial charge in [0.1, 0.15) is 0 Å². The summed E-state index contributed by atoms with van der Waals surface area (Å²) in [6.07, 6.45) is 0.948. The topological polar surface area (TPSA) is 32.3 Å². The molecule has 1 fully saturated rings. The number of hydrogen-bond donors (Lipinski definition) is 1. The molecule has 1 saturated heterocycles. The van der Waals surface area contributed by atoms with Crippen LogP contribution in [-0.4, -0.2) is 36.5 Å². The molecule has 3 nitrogen and oxygen atoms in total. The zero-order valence-electron chi connectivity index (χ0n) is 11.4. The summed E-state index contributed by atoms with van der Waals surface area (Å²) in [6.45, 7) is 6.72. The molecule has 2 atom stereocenters. The van der Waals surface area contributed by atoms with Gasteiger partial charge in [-0.1, -0.05) is 24.6 Å². The molecule has 0 spiro atoms. The van der Waals surface area contributed by atoms with E-state index in [1.807, 2.05) is 17.9 Å². The maximum atomic E-state index is 12.6. The number of hydrogen-bond acceptors (Lipinski definition) is 2. The number of carbonyl (C=O) groups is 1. The van der Waals surface area contributed by atoms with Crippen molar-refractivity contribution >= 4 is 17.5 Å². The maximum Gasteiger partial charge on any atom is 0.255 e. The van der Waals surface area contributed by atoms with Crippen LogP contribution < -0.4 is 5.32 Å². The normalized spacial score (nSPS) is 25.4. The Hall–Kier alpha value is -1.06. The number of benzene rings is 1. The molecule has 2 aliphatic rings. The highest BCUT2D eigenvalue weighted by atomic mass is 35.5. The van der Waals surface area contributed by atoms with Gasteiger partial charge in [-0.25, -0.2) is 0 Å². The number of amides is 1. The van der Waals surface area contributed by atoms with E-state index >= 15 is 0 Å². The standard InChI is InChI=1S/C15H19ClN2O/c1-3-9-5-10-11-7-17-8-13(11)18(4-2)15(19)14(10)12(16)6-9/h5-6,11,13,17H,3-4,7-8H2,1-2H3/t11-,13+/m1/s1. The lowest BCUT2D eigenvalue weighted by molar-refractivity contribution is 0.0661. The van der Waals surface area contributed by atoms with Crippen LogP contribution in [0.15, 0.2) is 12.1 Å². The highest BCUT2D eigenvalue weighted by molar-refractivity contribution is 6.34. The van der Waals surface area contributed by atoms with Crippen molar-refractivity contribution in [3.8, 4) is 0 Å². The lowest BCUT2D eigenvalue weighted by atomic mass is 9.83. The average Bonchev–Trinajstić information content (AvgIpc) is 2.87. The SMILES string of the molecule is CCc1cc(Cl)c2c(c1)[C@H]1CNC[C@@H]1N(CC)C2=O. The van der Waals surface area contributed by atoms with E-state index in [2.05, 4.69) is 18.3 Å². The number of likely N-dealkylation sites (N-methyl/N-ethyl adjacent to an activating group) is 1. The van der Waals surface area contributed by atoms with Gasteiger partial charge >= 0.3 is 0 Å². The van der Waals surface area contributed by atoms with E-state index in [-0.39, 0.29) is 11.9 Å². The molecule has 1 amide bonds. The van der Waals surface area contributed by atoms with E-state index in [1.165, 1.54) is 5.56 Å². The number of aryl methyl sites for hydroxylation is 1. The molecular weight excluding hydrogens is 260 g/mol. The molecule has 0 aromatic heterocycles. The molecule has 2 heterocycles. The van der Waals surface area contributed by atoms with Crippen LogP contribution in [0.3, 0.4) is 0 Å². The molecule has 0 radical (unpaired) electrons. The summed E-state index contributed by atoms with van der Waals surface area (Å²) >= 11 is 6.37. The molecule has 1 N–H and O–H groups in total. The van der Waals surface area contributed by atoms with Gasteiger partial charge in [0.05, 0.1) is 16.6 Å². The quantitative estimate of drug-likeness (QED) is 0.901. The summed E-state index contributed by atoms with van der Waals surface area (Å²) < 4.78 is 0. The van der Waals surface area contributed by atoms with Crippen LogP contribution in [0.5, 0.6) is 0 Å². The van der Waals surface area contributed by atoms with Crippen molar-refractivity contribution in [2.45, 2.75) is 32.2 Å². The third-order valence-electron chi connectivity index (χ3n) is 4.39. The van der Waals surface area contributed by atoms with Crippen molar-refractivity contribution in [3.05, 3.63) is 33.8 Å². The predicted molar refractivity (Wildman–Crippen MR) is 76.9 cm³/mol. The minimum atomic E-state index is 0.0927. The molecule has 0 unspecified atom stereocenters. The van der Waals surface area contributed by atoms with Gasteiger partial charge in [-0.05, 0) is 30.5 Å². The first-order valence-electron chi connectivity index (χ1n) is 7.01. The Balaban J connectivity index is 2.18. The smallest absolute Gasteiger partial charge is 0.255 e. The molecule has 19 heavy (non-hydrogen) atoms. The molecular formula is C15H19ClN2O. The Morgan fingerprint density at radius 3 is 2.84 bits per heavy atom. The Kier molecular flexibility index (Phi) is 3.27. The Morgan fingerprint density at radius 1 is 1.37 bits per heavy atom. The molecule has 3 rings (SSSR count). The number of nitrogens with zero attached hydrogens (tertiary/aromatic N) is 1. The van der Waals surface area contributed by atoms with Gasteiger partial charge in [0.15, 0.2) is 0 Å². The van der Waals surface area contributed by atoms with E-state index in [1.54, 1.807) is 0 Å². The fourth-order valence-electron chi connectivity index (χ4n) is 3.39. The monoisotopic (exact) mass is 278 g/mol. The third kappa shape index (κ3) is 1.87. The van der Waals surface area contributed by atoms with Gasteiger partial charge in [0, 0.05) is 25.6 Å². The van der Waals surface area contributed by atoms with Crippen LogP contribution >= 0.6 is 11.6 Å². The number of nitrogens with one attached hydrogen (secondary N) is 1. The lowest BCUT2D eigenvalue weighted by Crippen LogP contribution is -2.48. The average molecular weight is 279 g/mol. The highest BCUT2D eigenvalue weighted by Gasteiger charge is 2.42. The van der Waals surface area contributed by atoms with Gasteiger partial charge in [-0.2, -0.15) is 0 Å². The van der Waals surface area contributed by atoms with Crippen LogP contribution in [0.25, 0.3) is 0 Å².